The second-order valence-electron chi connectivity index (χ2n) is 3.63. The predicted octanol–water partition coefficient (Wildman–Crippen LogP) is 1.05. The summed E-state index contributed by atoms with van der Waals surface area (Å²) in [6, 6.07) is 0.370. The van der Waals surface area contributed by atoms with Crippen molar-refractivity contribution in [1.82, 2.24) is 9.97 Å². The number of nitrogens with one attached hydrogen (secondary N) is 1. The van der Waals surface area contributed by atoms with Crippen LogP contribution in [0.2, 0.25) is 0 Å². The summed E-state index contributed by atoms with van der Waals surface area (Å²) >= 11 is 0. The van der Waals surface area contributed by atoms with Crippen molar-refractivity contribution in [2.75, 3.05) is 0 Å². The quantitative estimate of drug-likeness (QED) is 0.572. The largest absolute Gasteiger partial charge is 0.461 e. The fourth-order valence-electron chi connectivity index (χ4n) is 1.12. The standard InChI is InChI=1S/C10H16N4O/c1-6(2)15-10-13-5-8(4-9(11)12)7(3)14-10/h5-6H,4H2,1-3H3,(H3,11,12). The summed E-state index contributed by atoms with van der Waals surface area (Å²) in [5, 5.41) is 7.19. The Kier molecular flexibility index (Phi) is 3.60. The molecule has 82 valence electrons. The van der Waals surface area contributed by atoms with Crippen LogP contribution < -0.4 is 10.5 Å². The fraction of sp³-hybridized carbons (Fsp3) is 0.500. The molecule has 1 aromatic heterocycles. The highest BCUT2D eigenvalue weighted by Gasteiger charge is 2.06. The zero-order valence-electron chi connectivity index (χ0n) is 9.24. The van der Waals surface area contributed by atoms with Crippen molar-refractivity contribution in [3.8, 4) is 6.01 Å². The Labute approximate surface area is 89.2 Å². The minimum atomic E-state index is 0.0584. The van der Waals surface area contributed by atoms with Gasteiger partial charge < -0.3 is 10.5 Å². The third kappa shape index (κ3) is 3.53. The zero-order chi connectivity index (χ0) is 11.4. The average Bonchev–Trinajstić information content (AvgIpc) is 2.08. The molecule has 0 amide bonds. The second-order valence-corrected chi connectivity index (χ2v) is 3.63. The molecule has 0 fully saturated rings. The van der Waals surface area contributed by atoms with E-state index >= 15 is 0 Å². The van der Waals surface area contributed by atoms with Crippen molar-refractivity contribution in [2.24, 2.45) is 5.73 Å². The first-order chi connectivity index (χ1) is 6.99. The lowest BCUT2D eigenvalue weighted by atomic mass is 10.2. The highest BCUT2D eigenvalue weighted by molar-refractivity contribution is 5.79. The normalized spacial score (nSPS) is 10.4. The van der Waals surface area contributed by atoms with E-state index in [1.165, 1.54) is 0 Å². The van der Waals surface area contributed by atoms with E-state index in [1.54, 1.807) is 6.20 Å². The van der Waals surface area contributed by atoms with E-state index in [2.05, 4.69) is 9.97 Å². The van der Waals surface area contributed by atoms with Gasteiger partial charge in [0.25, 0.3) is 0 Å². The Balaban J connectivity index is 2.83. The molecule has 0 unspecified atom stereocenters. The molecule has 0 saturated heterocycles. The number of nitrogens with two attached hydrogens (primary N) is 1. The third-order valence-corrected chi connectivity index (χ3v) is 1.78. The topological polar surface area (TPSA) is 84.9 Å². The average molecular weight is 208 g/mol. The van der Waals surface area contributed by atoms with Gasteiger partial charge in [-0.3, -0.25) is 5.41 Å². The van der Waals surface area contributed by atoms with Crippen LogP contribution in [0.4, 0.5) is 0 Å². The third-order valence-electron chi connectivity index (χ3n) is 1.78. The second kappa shape index (κ2) is 4.72. The van der Waals surface area contributed by atoms with Crippen molar-refractivity contribution in [3.05, 3.63) is 17.5 Å². The van der Waals surface area contributed by atoms with Crippen molar-refractivity contribution in [1.29, 1.82) is 5.41 Å². The van der Waals surface area contributed by atoms with Gasteiger partial charge in [-0.2, -0.15) is 0 Å². The molecule has 5 nitrogen and oxygen atoms in total. The van der Waals surface area contributed by atoms with Gasteiger partial charge in [0.2, 0.25) is 0 Å². The minimum Gasteiger partial charge on any atom is -0.461 e. The Morgan fingerprint density at radius 2 is 2.27 bits per heavy atom. The number of ether oxygens (including phenoxy) is 1. The maximum Gasteiger partial charge on any atom is 0.316 e. The van der Waals surface area contributed by atoms with E-state index in [0.717, 1.165) is 11.3 Å². The van der Waals surface area contributed by atoms with Crippen molar-refractivity contribution in [2.45, 2.75) is 33.3 Å². The number of aryl methyl sites for hydroxylation is 1. The van der Waals surface area contributed by atoms with Gasteiger partial charge in [0.15, 0.2) is 0 Å². The fourth-order valence-corrected chi connectivity index (χ4v) is 1.12. The van der Waals surface area contributed by atoms with E-state index in [1.807, 2.05) is 20.8 Å². The molecule has 3 N–H and O–H groups in total. The van der Waals surface area contributed by atoms with Gasteiger partial charge in [-0.05, 0) is 26.3 Å². The van der Waals surface area contributed by atoms with Gasteiger partial charge in [-0.15, -0.1) is 0 Å². The maximum absolute atomic E-state index is 7.19. The zero-order valence-corrected chi connectivity index (χ0v) is 9.24. The van der Waals surface area contributed by atoms with Gasteiger partial charge in [0, 0.05) is 18.3 Å². The molecule has 0 aliphatic heterocycles. The summed E-state index contributed by atoms with van der Waals surface area (Å²) in [6.07, 6.45) is 2.10. The van der Waals surface area contributed by atoms with E-state index in [0.29, 0.717) is 12.4 Å². The Morgan fingerprint density at radius 1 is 1.60 bits per heavy atom. The summed E-state index contributed by atoms with van der Waals surface area (Å²) in [5.74, 6) is 0.110. The SMILES string of the molecule is Cc1nc(OC(C)C)ncc1CC(=N)N. The van der Waals surface area contributed by atoms with Crippen LogP contribution in [-0.2, 0) is 6.42 Å². The number of nitrogens with zero attached hydrogens (tertiary/aromatic N) is 2. The van der Waals surface area contributed by atoms with Crippen molar-refractivity contribution < 1.29 is 4.74 Å². The molecule has 5 heteroatoms. The smallest absolute Gasteiger partial charge is 0.316 e. The lowest BCUT2D eigenvalue weighted by Crippen LogP contribution is -2.15. The first-order valence-corrected chi connectivity index (χ1v) is 4.81. The first-order valence-electron chi connectivity index (χ1n) is 4.81. The summed E-state index contributed by atoms with van der Waals surface area (Å²) < 4.78 is 5.35. The lowest BCUT2D eigenvalue weighted by molar-refractivity contribution is 0.221. The molecule has 0 atom stereocenters. The number of amidine groups is 1. The predicted molar refractivity (Wildman–Crippen MR) is 58.2 cm³/mol. The van der Waals surface area contributed by atoms with Gasteiger partial charge in [0.05, 0.1) is 11.9 Å². The molecule has 15 heavy (non-hydrogen) atoms. The Morgan fingerprint density at radius 3 is 2.73 bits per heavy atom. The molecule has 0 spiro atoms. The molecule has 0 bridgehead atoms. The van der Waals surface area contributed by atoms with Gasteiger partial charge in [-0.1, -0.05) is 0 Å². The molecule has 0 aliphatic rings. The molecule has 0 saturated carbocycles. The van der Waals surface area contributed by atoms with Crippen LogP contribution in [0.25, 0.3) is 0 Å². The van der Waals surface area contributed by atoms with E-state index in [-0.39, 0.29) is 11.9 Å². The lowest BCUT2D eigenvalue weighted by Gasteiger charge is -2.09. The van der Waals surface area contributed by atoms with Gasteiger partial charge >= 0.3 is 6.01 Å². The molecular weight excluding hydrogens is 192 g/mol. The van der Waals surface area contributed by atoms with Crippen LogP contribution >= 0.6 is 0 Å². The van der Waals surface area contributed by atoms with Crippen LogP contribution in [0.3, 0.4) is 0 Å². The molecule has 1 heterocycles. The molecular formula is C10H16N4O. The molecule has 0 aliphatic carbocycles. The van der Waals surface area contributed by atoms with Crippen LogP contribution in [0.15, 0.2) is 6.20 Å². The first kappa shape index (κ1) is 11.4. The molecule has 1 rings (SSSR count). The number of rotatable bonds is 4. The van der Waals surface area contributed by atoms with Crippen molar-refractivity contribution >= 4 is 5.84 Å². The maximum atomic E-state index is 7.19. The summed E-state index contributed by atoms with van der Waals surface area (Å²) in [5.41, 5.74) is 6.97. The Hall–Kier alpha value is -1.65. The van der Waals surface area contributed by atoms with Gasteiger partial charge in [0.1, 0.15) is 0 Å². The van der Waals surface area contributed by atoms with E-state index < -0.39 is 0 Å². The van der Waals surface area contributed by atoms with Crippen LogP contribution in [0.5, 0.6) is 6.01 Å². The van der Waals surface area contributed by atoms with E-state index in [9.17, 15) is 0 Å². The highest BCUT2D eigenvalue weighted by Crippen LogP contribution is 2.10. The number of aromatic nitrogens is 2. The van der Waals surface area contributed by atoms with Crippen LogP contribution in [-0.4, -0.2) is 21.9 Å². The summed E-state index contributed by atoms with van der Waals surface area (Å²) in [4.78, 5) is 8.23. The van der Waals surface area contributed by atoms with Gasteiger partial charge in [-0.25, -0.2) is 9.97 Å². The minimum absolute atomic E-state index is 0.0584. The van der Waals surface area contributed by atoms with Crippen molar-refractivity contribution in [3.63, 3.8) is 0 Å². The van der Waals surface area contributed by atoms with Crippen LogP contribution in [0, 0.1) is 12.3 Å². The molecule has 0 radical (unpaired) electrons. The number of hydrogen-bond acceptors (Lipinski definition) is 4. The summed E-state index contributed by atoms with van der Waals surface area (Å²) in [7, 11) is 0. The monoisotopic (exact) mass is 208 g/mol. The number of hydrogen-bond donors (Lipinski definition) is 2. The molecule has 1 aromatic rings. The van der Waals surface area contributed by atoms with E-state index in [4.69, 9.17) is 15.9 Å². The van der Waals surface area contributed by atoms with Crippen LogP contribution in [0.1, 0.15) is 25.1 Å². The highest BCUT2D eigenvalue weighted by atomic mass is 16.5. The summed E-state index contributed by atoms with van der Waals surface area (Å²) in [6.45, 7) is 5.69. The molecule has 0 aromatic carbocycles. The Bertz CT molecular complexity index is 362.